The van der Waals surface area contributed by atoms with Crippen molar-refractivity contribution in [1.82, 2.24) is 14.9 Å². The van der Waals surface area contributed by atoms with Gasteiger partial charge in [0.05, 0.1) is 18.1 Å². The van der Waals surface area contributed by atoms with E-state index in [1.807, 2.05) is 0 Å². The average molecular weight is 375 g/mol. The van der Waals surface area contributed by atoms with Gasteiger partial charge in [0.25, 0.3) is 0 Å². The minimum atomic E-state index is -4.72. The first-order valence-electron chi connectivity index (χ1n) is 7.14. The molecule has 140 valence electrons. The molecule has 3 N–H and O–H groups in total. The van der Waals surface area contributed by atoms with E-state index in [9.17, 15) is 31.2 Å². The molecular formula is C12H20F3N3O5S. The lowest BCUT2D eigenvalue weighted by Gasteiger charge is -2.23. The van der Waals surface area contributed by atoms with Gasteiger partial charge in [0.1, 0.15) is 0 Å². The van der Waals surface area contributed by atoms with Gasteiger partial charge in [0, 0.05) is 25.7 Å². The molecule has 24 heavy (non-hydrogen) atoms. The number of aliphatic carboxylic acids is 1. The van der Waals surface area contributed by atoms with Crippen LogP contribution in [0.3, 0.4) is 0 Å². The molecule has 8 nitrogen and oxygen atoms in total. The molecule has 0 saturated carbocycles. The molecule has 0 spiro atoms. The number of carboxylic acid groups (broad SMARTS) is 1. The maximum Gasteiger partial charge on any atom is 0.394 e. The molecule has 1 fully saturated rings. The van der Waals surface area contributed by atoms with Crippen molar-refractivity contribution in [3.8, 4) is 0 Å². The largest absolute Gasteiger partial charge is 0.481 e. The fraction of sp³-hybridized carbons (Fsp3) is 0.833. The summed E-state index contributed by atoms with van der Waals surface area (Å²) in [6, 6.07) is -1.48. The molecule has 3 atom stereocenters. The van der Waals surface area contributed by atoms with Crippen LogP contribution >= 0.6 is 0 Å². The van der Waals surface area contributed by atoms with E-state index in [-0.39, 0.29) is 6.54 Å². The first-order chi connectivity index (χ1) is 10.8. The number of rotatable bonds is 6. The summed E-state index contributed by atoms with van der Waals surface area (Å²) in [5.74, 6) is -5.46. The molecule has 1 heterocycles. The zero-order valence-corrected chi connectivity index (χ0v) is 13.9. The number of urea groups is 1. The second kappa shape index (κ2) is 7.55. The van der Waals surface area contributed by atoms with Crippen LogP contribution in [-0.2, 0) is 14.8 Å². The Balaban J connectivity index is 2.72. The summed E-state index contributed by atoms with van der Waals surface area (Å²) in [5.41, 5.74) is 0. The maximum atomic E-state index is 12.9. The molecule has 0 bridgehead atoms. The maximum absolute atomic E-state index is 12.9. The molecule has 2 amide bonds. The molecule has 1 unspecified atom stereocenters. The molecule has 0 radical (unpaired) electrons. The number of carbonyl (C=O) groups excluding carboxylic acids is 1. The van der Waals surface area contributed by atoms with E-state index in [2.05, 4.69) is 10.0 Å². The summed E-state index contributed by atoms with van der Waals surface area (Å²) in [5, 5.41) is 11.3. The number of amides is 2. The third kappa shape index (κ3) is 5.82. The Labute approximate surface area is 137 Å². The zero-order valence-electron chi connectivity index (χ0n) is 13.1. The number of alkyl halides is 3. The first-order valence-corrected chi connectivity index (χ1v) is 9.03. The Hall–Kier alpha value is -1.56. The Bertz CT molecular complexity index is 581. The third-order valence-electron chi connectivity index (χ3n) is 3.76. The fourth-order valence-electron chi connectivity index (χ4n) is 2.37. The van der Waals surface area contributed by atoms with Crippen LogP contribution in [0.2, 0.25) is 0 Å². The van der Waals surface area contributed by atoms with E-state index in [4.69, 9.17) is 5.11 Å². The Morgan fingerprint density at radius 2 is 1.92 bits per heavy atom. The Morgan fingerprint density at radius 3 is 2.29 bits per heavy atom. The predicted molar refractivity (Wildman–Crippen MR) is 77.7 cm³/mol. The van der Waals surface area contributed by atoms with E-state index in [1.54, 1.807) is 6.92 Å². The first kappa shape index (κ1) is 20.5. The van der Waals surface area contributed by atoms with Gasteiger partial charge in [0.15, 0.2) is 0 Å². The van der Waals surface area contributed by atoms with Crippen molar-refractivity contribution in [1.29, 1.82) is 0 Å². The van der Waals surface area contributed by atoms with Crippen LogP contribution in [0.15, 0.2) is 0 Å². The van der Waals surface area contributed by atoms with Crippen molar-refractivity contribution < 1.29 is 36.3 Å². The van der Waals surface area contributed by atoms with Crippen molar-refractivity contribution >= 4 is 22.0 Å². The van der Waals surface area contributed by atoms with Crippen molar-refractivity contribution in [2.45, 2.75) is 25.6 Å². The predicted octanol–water partition coefficient (Wildman–Crippen LogP) is 0.219. The molecule has 1 aliphatic heterocycles. The van der Waals surface area contributed by atoms with Gasteiger partial charge >= 0.3 is 18.2 Å². The van der Waals surface area contributed by atoms with Crippen molar-refractivity contribution in [2.75, 3.05) is 25.9 Å². The number of nitrogens with zero attached hydrogens (tertiary/aromatic N) is 1. The van der Waals surface area contributed by atoms with Gasteiger partial charge in [0.2, 0.25) is 10.0 Å². The second-order valence-corrected chi connectivity index (χ2v) is 7.51. The number of hydrogen-bond acceptors (Lipinski definition) is 4. The van der Waals surface area contributed by atoms with E-state index in [0.29, 0.717) is 6.42 Å². The van der Waals surface area contributed by atoms with Gasteiger partial charge in [-0.15, -0.1) is 0 Å². The lowest BCUT2D eigenvalue weighted by molar-refractivity contribution is -0.187. The van der Waals surface area contributed by atoms with E-state index < -0.39 is 59.2 Å². The van der Waals surface area contributed by atoms with Crippen LogP contribution in [0.25, 0.3) is 0 Å². The zero-order chi connectivity index (χ0) is 18.7. The van der Waals surface area contributed by atoms with Crippen LogP contribution in [0, 0.1) is 11.8 Å². The lowest BCUT2D eigenvalue weighted by atomic mass is 9.96. The third-order valence-corrected chi connectivity index (χ3v) is 4.45. The van der Waals surface area contributed by atoms with Crippen LogP contribution < -0.4 is 10.0 Å². The van der Waals surface area contributed by atoms with E-state index in [1.165, 1.54) is 0 Å². The summed E-state index contributed by atoms with van der Waals surface area (Å²) in [6.45, 7) is 0.251. The minimum absolute atomic E-state index is 0.111. The summed E-state index contributed by atoms with van der Waals surface area (Å²) < 4.78 is 62.9. The highest BCUT2D eigenvalue weighted by Gasteiger charge is 2.53. The number of sulfonamides is 1. The van der Waals surface area contributed by atoms with Gasteiger partial charge in [-0.3, -0.25) is 4.79 Å². The number of halogens is 3. The second-order valence-electron chi connectivity index (χ2n) is 5.67. The highest BCUT2D eigenvalue weighted by atomic mass is 32.2. The molecule has 1 saturated heterocycles. The molecule has 0 aliphatic carbocycles. The monoisotopic (exact) mass is 375 g/mol. The average Bonchev–Trinajstić information content (AvgIpc) is 2.87. The number of nitrogens with one attached hydrogen (secondary N) is 2. The summed E-state index contributed by atoms with van der Waals surface area (Å²) in [4.78, 5) is 23.8. The molecular weight excluding hydrogens is 355 g/mol. The van der Waals surface area contributed by atoms with Gasteiger partial charge in [-0.2, -0.15) is 13.2 Å². The molecule has 0 aromatic heterocycles. The summed E-state index contributed by atoms with van der Waals surface area (Å²) in [6.07, 6.45) is -3.44. The van der Waals surface area contributed by atoms with Gasteiger partial charge < -0.3 is 15.3 Å². The molecule has 0 aromatic carbocycles. The van der Waals surface area contributed by atoms with Gasteiger partial charge in [-0.1, -0.05) is 6.92 Å². The molecule has 1 rings (SSSR count). The normalized spacial score (nSPS) is 23.1. The van der Waals surface area contributed by atoms with Crippen molar-refractivity contribution in [3.63, 3.8) is 0 Å². The molecule has 0 aromatic rings. The number of carboxylic acids is 1. The fourth-order valence-corrected chi connectivity index (χ4v) is 2.87. The lowest BCUT2D eigenvalue weighted by Crippen LogP contribution is -2.48. The van der Waals surface area contributed by atoms with Crippen LogP contribution in [0.1, 0.15) is 13.3 Å². The van der Waals surface area contributed by atoms with Crippen LogP contribution in [-0.4, -0.2) is 68.5 Å². The van der Waals surface area contributed by atoms with Crippen molar-refractivity contribution in [3.05, 3.63) is 0 Å². The number of carbonyl (C=O) groups is 2. The molecule has 12 heteroatoms. The van der Waals surface area contributed by atoms with Crippen LogP contribution in [0.4, 0.5) is 18.0 Å². The topological polar surface area (TPSA) is 116 Å². The standard InChI is InChI=1S/C12H20F3N3O5S/c1-3-7(4-16-24(2,22)23)17-11(21)18-5-8(10(19)20)9(6-18)12(13,14)15/h7-9,16H,3-6H2,1-2H3,(H,17,21)(H,19,20)/t7?,8-,9-/m1/s1. The molecule has 1 aliphatic rings. The Morgan fingerprint density at radius 1 is 1.33 bits per heavy atom. The Kier molecular flexibility index (Phi) is 6.45. The smallest absolute Gasteiger partial charge is 0.394 e. The van der Waals surface area contributed by atoms with E-state index in [0.717, 1.165) is 11.2 Å². The summed E-state index contributed by atoms with van der Waals surface area (Å²) >= 11 is 0. The summed E-state index contributed by atoms with van der Waals surface area (Å²) in [7, 11) is -3.47. The number of likely N-dealkylation sites (tertiary alicyclic amines) is 1. The van der Waals surface area contributed by atoms with Crippen molar-refractivity contribution in [2.24, 2.45) is 11.8 Å². The quantitative estimate of drug-likeness (QED) is 0.614. The SMILES string of the molecule is CCC(CNS(C)(=O)=O)NC(=O)N1C[C@@H](C(F)(F)F)[C@H](C(=O)O)C1. The van der Waals surface area contributed by atoms with Crippen LogP contribution in [0.5, 0.6) is 0 Å². The van der Waals surface area contributed by atoms with Gasteiger partial charge in [-0.05, 0) is 6.42 Å². The highest BCUT2D eigenvalue weighted by molar-refractivity contribution is 7.88. The highest BCUT2D eigenvalue weighted by Crippen LogP contribution is 2.37. The van der Waals surface area contributed by atoms with E-state index >= 15 is 0 Å². The number of hydrogen-bond donors (Lipinski definition) is 3. The minimum Gasteiger partial charge on any atom is -0.481 e. The van der Waals surface area contributed by atoms with Gasteiger partial charge in [-0.25, -0.2) is 17.9 Å².